The third-order valence-corrected chi connectivity index (χ3v) is 23.2. The summed E-state index contributed by atoms with van der Waals surface area (Å²) in [5, 5.41) is 19.6. The number of para-hydroxylation sites is 4. The highest BCUT2D eigenvalue weighted by atomic mass is 15.1. The molecule has 2 heterocycles. The molecule has 112 heavy (non-hydrogen) atoms. The molecule has 0 aliphatic heterocycles. The van der Waals surface area contributed by atoms with Crippen molar-refractivity contribution in [3.63, 3.8) is 0 Å². The van der Waals surface area contributed by atoms with Gasteiger partial charge in [0.15, 0.2) is 0 Å². The molecule has 0 aliphatic carbocycles. The minimum Gasteiger partial charge on any atom is -0.311 e. The Labute approximate surface area is 648 Å². The third kappa shape index (κ3) is 11.1. The first-order valence-electron chi connectivity index (χ1n) is 38.6. The number of benzene rings is 20. The molecule has 0 amide bonds. The summed E-state index contributed by atoms with van der Waals surface area (Å²) < 4.78 is 4.88. The lowest BCUT2D eigenvalue weighted by atomic mass is 9.90. The van der Waals surface area contributed by atoms with Crippen LogP contribution in [0.25, 0.3) is 175 Å². The summed E-state index contributed by atoms with van der Waals surface area (Å²) in [6.45, 7) is 0. The van der Waals surface area contributed by atoms with Crippen molar-refractivity contribution in [2.75, 3.05) is 9.80 Å². The van der Waals surface area contributed by atoms with Crippen molar-refractivity contribution in [2.45, 2.75) is 0 Å². The number of hydrogen-bond donors (Lipinski definition) is 0. The number of rotatable bonds is 13. The maximum Gasteiger partial charge on any atom is 0.0547 e. The lowest BCUT2D eigenvalue weighted by Crippen LogP contribution is -2.09. The normalized spacial score (nSPS) is 11.8. The average molecular weight is 1420 g/mol. The van der Waals surface area contributed by atoms with Crippen LogP contribution in [0, 0.1) is 0 Å². The molecule has 2 aromatic heterocycles. The molecule has 0 unspecified atom stereocenters. The monoisotopic (exact) mass is 1420 g/mol. The van der Waals surface area contributed by atoms with E-state index in [1.165, 1.54) is 158 Å². The zero-order valence-electron chi connectivity index (χ0n) is 61.2. The van der Waals surface area contributed by atoms with Crippen molar-refractivity contribution in [1.82, 2.24) is 9.13 Å². The van der Waals surface area contributed by atoms with Crippen LogP contribution in [0.1, 0.15) is 0 Å². The van der Waals surface area contributed by atoms with Crippen LogP contribution in [0.15, 0.2) is 425 Å². The van der Waals surface area contributed by atoms with Crippen LogP contribution < -0.4 is 9.80 Å². The molecule has 4 nitrogen and oxygen atoms in total. The maximum absolute atomic E-state index is 2.46. The molecule has 22 rings (SSSR count). The number of nitrogens with zero attached hydrogens (tertiary/aromatic N) is 4. The average Bonchev–Trinajstić information content (AvgIpc) is 1.56. The van der Waals surface area contributed by atoms with Crippen LogP contribution in [-0.2, 0) is 0 Å². The van der Waals surface area contributed by atoms with E-state index >= 15 is 0 Å². The minimum atomic E-state index is 1.08. The first-order valence-corrected chi connectivity index (χ1v) is 38.6. The molecule has 4 heteroatoms. The van der Waals surface area contributed by atoms with E-state index in [-0.39, 0.29) is 0 Å². The Balaban J connectivity index is 0.538. The number of hydrogen-bond acceptors (Lipinski definition) is 2. The Hall–Kier alpha value is -14.8. The summed E-state index contributed by atoms with van der Waals surface area (Å²) in [5.41, 5.74) is 25.5. The predicted molar refractivity (Wildman–Crippen MR) is 477 cm³/mol. The van der Waals surface area contributed by atoms with E-state index in [0.29, 0.717) is 0 Å². The van der Waals surface area contributed by atoms with Crippen molar-refractivity contribution in [3.05, 3.63) is 425 Å². The van der Waals surface area contributed by atoms with Crippen LogP contribution in [0.3, 0.4) is 0 Å². The maximum atomic E-state index is 2.46. The Morgan fingerprint density at radius 2 is 0.455 bits per heavy atom. The summed E-state index contributed by atoms with van der Waals surface area (Å²) in [5.74, 6) is 0. The van der Waals surface area contributed by atoms with Gasteiger partial charge in [-0.15, -0.1) is 0 Å². The zero-order chi connectivity index (χ0) is 73.7. The Kier molecular flexibility index (Phi) is 15.2. The van der Waals surface area contributed by atoms with Crippen LogP contribution in [0.5, 0.6) is 0 Å². The lowest BCUT2D eigenvalue weighted by Gasteiger charge is -2.26. The molecule has 0 bridgehead atoms. The van der Waals surface area contributed by atoms with Gasteiger partial charge in [0.05, 0.1) is 22.1 Å². The largest absolute Gasteiger partial charge is 0.311 e. The van der Waals surface area contributed by atoms with Gasteiger partial charge in [-0.25, -0.2) is 0 Å². The highest BCUT2D eigenvalue weighted by molar-refractivity contribution is 6.18. The third-order valence-electron chi connectivity index (χ3n) is 23.2. The fourth-order valence-electron chi connectivity index (χ4n) is 17.7. The van der Waals surface area contributed by atoms with Crippen LogP contribution in [0.2, 0.25) is 0 Å². The molecule has 522 valence electrons. The van der Waals surface area contributed by atoms with Crippen LogP contribution in [0.4, 0.5) is 34.1 Å². The van der Waals surface area contributed by atoms with Gasteiger partial charge in [-0.05, 0) is 272 Å². The van der Waals surface area contributed by atoms with Gasteiger partial charge in [0.25, 0.3) is 0 Å². The Bertz CT molecular complexity index is 7460. The van der Waals surface area contributed by atoms with Gasteiger partial charge in [0, 0.05) is 67.0 Å². The van der Waals surface area contributed by atoms with Crippen molar-refractivity contribution in [1.29, 1.82) is 0 Å². The van der Waals surface area contributed by atoms with Crippen LogP contribution >= 0.6 is 0 Å². The smallest absolute Gasteiger partial charge is 0.0547 e. The summed E-state index contributed by atoms with van der Waals surface area (Å²) in [6.07, 6.45) is 0. The van der Waals surface area contributed by atoms with Gasteiger partial charge in [-0.1, -0.05) is 273 Å². The first-order chi connectivity index (χ1) is 55.5. The van der Waals surface area contributed by atoms with Crippen LogP contribution in [-0.4, -0.2) is 9.13 Å². The summed E-state index contributed by atoms with van der Waals surface area (Å²) in [7, 11) is 0. The minimum absolute atomic E-state index is 1.08. The van der Waals surface area contributed by atoms with Gasteiger partial charge in [-0.2, -0.15) is 0 Å². The fraction of sp³-hybridized carbons (Fsp3) is 0. The van der Waals surface area contributed by atoms with Gasteiger partial charge >= 0.3 is 0 Å². The highest BCUT2D eigenvalue weighted by Crippen LogP contribution is 2.46. The lowest BCUT2D eigenvalue weighted by molar-refractivity contribution is 1.19. The molecular formula is C108H70N4. The molecule has 0 aliphatic rings. The molecule has 0 spiro atoms. The van der Waals surface area contributed by atoms with Crippen molar-refractivity contribution in [3.8, 4) is 67.0 Å². The highest BCUT2D eigenvalue weighted by Gasteiger charge is 2.21. The van der Waals surface area contributed by atoms with Gasteiger partial charge in [-0.3, -0.25) is 0 Å². The topological polar surface area (TPSA) is 16.3 Å². The van der Waals surface area contributed by atoms with E-state index in [4.69, 9.17) is 0 Å². The van der Waals surface area contributed by atoms with E-state index in [0.717, 1.165) is 51.1 Å². The van der Waals surface area contributed by atoms with E-state index < -0.39 is 0 Å². The Morgan fingerprint density at radius 1 is 0.143 bits per heavy atom. The molecule has 0 saturated carbocycles. The predicted octanol–water partition coefficient (Wildman–Crippen LogP) is 30.1. The molecule has 0 saturated heterocycles. The van der Waals surface area contributed by atoms with E-state index in [9.17, 15) is 0 Å². The molecule has 0 N–H and O–H groups in total. The molecule has 20 aromatic carbocycles. The van der Waals surface area contributed by atoms with E-state index in [1.54, 1.807) is 0 Å². The summed E-state index contributed by atoms with van der Waals surface area (Å²) in [4.78, 5) is 4.69. The van der Waals surface area contributed by atoms with Gasteiger partial charge < -0.3 is 18.9 Å². The summed E-state index contributed by atoms with van der Waals surface area (Å²) >= 11 is 0. The SMILES string of the molecule is c1ccc(N(c2ccc(-c3ccc4ccccc4c3)cc2)c2ccc(-c3ccc4cc(-n5c6ccccc6c6cc7c(-c8cccc9c(-c%10ccc(N(c%11ccccc%11)c%11ccc(-c%12ccc%13cc(-n%14c%15ccccc%15c%15cc%16ccccc%16cc%15%14)ccc%13c%12)cc%11)cc%10)cccc89)cccc7cc65)ccc4c3)cc2)cc1. The number of fused-ring (bicyclic) bond motifs is 12. The molecule has 0 radical (unpaired) electrons. The molecule has 0 atom stereocenters. The van der Waals surface area contributed by atoms with Gasteiger partial charge in [0.1, 0.15) is 0 Å². The van der Waals surface area contributed by atoms with E-state index in [1.807, 2.05) is 0 Å². The second kappa shape index (κ2) is 26.5. The molecular weight excluding hydrogens is 1350 g/mol. The zero-order valence-corrected chi connectivity index (χ0v) is 61.2. The second-order valence-electron chi connectivity index (χ2n) is 29.6. The second-order valence-corrected chi connectivity index (χ2v) is 29.6. The Morgan fingerprint density at radius 3 is 0.955 bits per heavy atom. The fourth-order valence-corrected chi connectivity index (χ4v) is 17.7. The quantitative estimate of drug-likeness (QED) is 0.114. The van der Waals surface area contributed by atoms with Crippen molar-refractivity contribution < 1.29 is 0 Å². The molecule has 22 aromatic rings. The first kappa shape index (κ1) is 64.3. The number of aromatic nitrogens is 2. The standard InChI is InChI=1S/C108H70N4/c1-3-23-87(24-4-1)109(89-52-42-72(43-53-89)79-37-36-71-18-7-8-19-76(71)62-79)90-54-44-73(45-55-90)81-39-41-85-66-94(61-51-83(85)64-81)112-106-35-14-12-28-101(106)104-70-102-86(69-108(104)112)22-15-30-99(102)98-33-17-31-96-95(29-16-32-97(96)98)75-48-58-92(59-49-75)110(88-25-5-2-6-26-88)91-56-46-74(47-57-91)80-38-40-84-65-93(60-50-82(84)63-80)111-105-34-13-11-27-100(105)103-67-77-20-9-10-21-78(77)68-107(103)111/h1-70H. The van der Waals surface area contributed by atoms with Gasteiger partial charge in [0.2, 0.25) is 0 Å². The molecule has 0 fully saturated rings. The van der Waals surface area contributed by atoms with Crippen molar-refractivity contribution in [2.24, 2.45) is 0 Å². The van der Waals surface area contributed by atoms with E-state index in [2.05, 4.69) is 444 Å². The number of anilines is 6. The van der Waals surface area contributed by atoms with Crippen molar-refractivity contribution >= 4 is 142 Å². The summed E-state index contributed by atoms with van der Waals surface area (Å²) in [6, 6.07) is 157.